The lowest BCUT2D eigenvalue weighted by Gasteiger charge is -2.19. The van der Waals surface area contributed by atoms with Crippen LogP contribution in [0, 0.1) is 6.92 Å². The Morgan fingerprint density at radius 3 is 2.77 bits per heavy atom. The normalized spacial score (nSPS) is 19.1. The van der Waals surface area contributed by atoms with Gasteiger partial charge in [0, 0.05) is 59.7 Å². The monoisotopic (exact) mass is 396 g/mol. The molecule has 1 unspecified atom stereocenters. The van der Waals surface area contributed by atoms with Gasteiger partial charge in [0.2, 0.25) is 0 Å². The standard InChI is InChI=1S/C25H24N4O/c1-17-5-4-7-23-24(17)21(25(30)28-23)15-27-19-8-10-20(11-9-19)29-14-12-18(16-29)22-6-2-3-13-26-22/h2-11,13,15,18,27H,12,14,16H2,1H3,(H,28,30). The molecule has 2 aliphatic heterocycles. The van der Waals surface area contributed by atoms with Gasteiger partial charge in [-0.2, -0.15) is 0 Å². The molecule has 0 saturated carbocycles. The van der Waals surface area contributed by atoms with Gasteiger partial charge in [-0.25, -0.2) is 0 Å². The van der Waals surface area contributed by atoms with Gasteiger partial charge in [0.25, 0.3) is 5.91 Å². The van der Waals surface area contributed by atoms with Crippen LogP contribution in [0.2, 0.25) is 0 Å². The summed E-state index contributed by atoms with van der Waals surface area (Å²) in [5.41, 5.74) is 6.96. The van der Waals surface area contributed by atoms with Crippen molar-refractivity contribution in [1.82, 2.24) is 4.98 Å². The van der Waals surface area contributed by atoms with Crippen LogP contribution < -0.4 is 15.5 Å². The van der Waals surface area contributed by atoms with Gasteiger partial charge < -0.3 is 15.5 Å². The summed E-state index contributed by atoms with van der Waals surface area (Å²) in [5, 5.41) is 6.22. The molecule has 3 heterocycles. The molecule has 5 heteroatoms. The average molecular weight is 396 g/mol. The Morgan fingerprint density at radius 2 is 1.97 bits per heavy atom. The largest absolute Gasteiger partial charge is 0.371 e. The van der Waals surface area contributed by atoms with E-state index < -0.39 is 0 Å². The Labute approximate surface area is 176 Å². The fourth-order valence-electron chi connectivity index (χ4n) is 4.35. The van der Waals surface area contributed by atoms with E-state index in [1.807, 2.05) is 37.4 Å². The van der Waals surface area contributed by atoms with E-state index in [9.17, 15) is 4.79 Å². The molecule has 0 radical (unpaired) electrons. The molecule has 1 aromatic heterocycles. The van der Waals surface area contributed by atoms with Gasteiger partial charge >= 0.3 is 0 Å². The van der Waals surface area contributed by atoms with Gasteiger partial charge in [-0.15, -0.1) is 0 Å². The lowest BCUT2D eigenvalue weighted by Crippen LogP contribution is -2.19. The minimum Gasteiger partial charge on any atom is -0.371 e. The lowest BCUT2D eigenvalue weighted by molar-refractivity contribution is -0.110. The molecule has 2 aromatic carbocycles. The summed E-state index contributed by atoms with van der Waals surface area (Å²) in [7, 11) is 0. The minimum absolute atomic E-state index is 0.0685. The first-order valence-electron chi connectivity index (χ1n) is 10.3. The number of hydrogen-bond acceptors (Lipinski definition) is 4. The fraction of sp³-hybridized carbons (Fsp3) is 0.200. The van der Waals surface area contributed by atoms with E-state index in [0.29, 0.717) is 11.5 Å². The number of aromatic nitrogens is 1. The van der Waals surface area contributed by atoms with E-state index >= 15 is 0 Å². The van der Waals surface area contributed by atoms with Crippen molar-refractivity contribution in [1.29, 1.82) is 0 Å². The molecule has 30 heavy (non-hydrogen) atoms. The van der Waals surface area contributed by atoms with Crippen LogP contribution in [0.5, 0.6) is 0 Å². The molecule has 1 amide bonds. The summed E-state index contributed by atoms with van der Waals surface area (Å²) < 4.78 is 0. The SMILES string of the molecule is Cc1cccc2c1C(=CNc1ccc(N3CCC(c4ccccn4)C3)cc1)C(=O)N2. The molecular weight excluding hydrogens is 372 g/mol. The molecule has 2 aliphatic rings. The summed E-state index contributed by atoms with van der Waals surface area (Å²) in [6, 6.07) is 20.5. The number of fused-ring (bicyclic) bond motifs is 1. The Balaban J connectivity index is 1.28. The van der Waals surface area contributed by atoms with E-state index in [1.54, 1.807) is 6.20 Å². The number of nitrogens with zero attached hydrogens (tertiary/aromatic N) is 2. The van der Waals surface area contributed by atoms with Gasteiger partial charge in [-0.1, -0.05) is 18.2 Å². The zero-order valence-corrected chi connectivity index (χ0v) is 16.9. The van der Waals surface area contributed by atoms with Gasteiger partial charge in [0.15, 0.2) is 0 Å². The summed E-state index contributed by atoms with van der Waals surface area (Å²) in [6.07, 6.45) is 4.80. The molecule has 0 spiro atoms. The summed E-state index contributed by atoms with van der Waals surface area (Å²) in [4.78, 5) is 19.3. The number of nitrogens with one attached hydrogen (secondary N) is 2. The Kier molecular flexibility index (Phi) is 4.71. The van der Waals surface area contributed by atoms with Crippen LogP contribution in [0.15, 0.2) is 73.1 Å². The molecule has 150 valence electrons. The Bertz CT molecular complexity index is 1110. The number of pyridine rings is 1. The van der Waals surface area contributed by atoms with Crippen molar-refractivity contribution in [3.05, 3.63) is 89.9 Å². The second kappa shape index (κ2) is 7.67. The third-order valence-corrected chi connectivity index (χ3v) is 5.94. The number of rotatable bonds is 4. The highest BCUT2D eigenvalue weighted by Crippen LogP contribution is 2.34. The first kappa shape index (κ1) is 18.4. The molecule has 2 N–H and O–H groups in total. The van der Waals surface area contributed by atoms with Crippen molar-refractivity contribution in [2.75, 3.05) is 28.6 Å². The number of carbonyl (C=O) groups excluding carboxylic acids is 1. The molecule has 3 aromatic rings. The Morgan fingerprint density at radius 1 is 1.10 bits per heavy atom. The predicted octanol–water partition coefficient (Wildman–Crippen LogP) is 4.79. The van der Waals surface area contributed by atoms with Crippen molar-refractivity contribution in [2.24, 2.45) is 0 Å². The minimum atomic E-state index is -0.0685. The first-order valence-corrected chi connectivity index (χ1v) is 10.3. The fourth-order valence-corrected chi connectivity index (χ4v) is 4.35. The second-order valence-electron chi connectivity index (χ2n) is 7.89. The molecule has 0 aliphatic carbocycles. The number of hydrogen-bond donors (Lipinski definition) is 2. The van der Waals surface area contributed by atoms with Gasteiger partial charge in [0.1, 0.15) is 0 Å². The molecule has 5 rings (SSSR count). The van der Waals surface area contributed by atoms with Crippen LogP contribution in [0.1, 0.15) is 29.2 Å². The Hall–Kier alpha value is -3.60. The van der Waals surface area contributed by atoms with Crippen LogP contribution >= 0.6 is 0 Å². The van der Waals surface area contributed by atoms with E-state index in [-0.39, 0.29) is 5.91 Å². The molecule has 5 nitrogen and oxygen atoms in total. The first-order chi connectivity index (χ1) is 14.7. The zero-order chi connectivity index (χ0) is 20.5. The van der Waals surface area contributed by atoms with Gasteiger partial charge in [-0.3, -0.25) is 9.78 Å². The maximum Gasteiger partial charge on any atom is 0.257 e. The third-order valence-electron chi connectivity index (χ3n) is 5.94. The van der Waals surface area contributed by atoms with Crippen LogP contribution in [0.4, 0.5) is 17.1 Å². The van der Waals surface area contributed by atoms with E-state index in [2.05, 4.69) is 56.9 Å². The quantitative estimate of drug-likeness (QED) is 0.623. The van der Waals surface area contributed by atoms with Crippen LogP contribution in [0.25, 0.3) is 5.57 Å². The van der Waals surface area contributed by atoms with E-state index in [0.717, 1.165) is 42.0 Å². The molecule has 1 fully saturated rings. The highest BCUT2D eigenvalue weighted by molar-refractivity contribution is 6.32. The van der Waals surface area contributed by atoms with Gasteiger partial charge in [-0.05, 0) is 61.4 Å². The van der Waals surface area contributed by atoms with Crippen molar-refractivity contribution >= 4 is 28.5 Å². The number of anilines is 3. The molecule has 1 saturated heterocycles. The van der Waals surface area contributed by atoms with Crippen molar-refractivity contribution in [3.8, 4) is 0 Å². The summed E-state index contributed by atoms with van der Waals surface area (Å²) in [5.74, 6) is 0.416. The highest BCUT2D eigenvalue weighted by atomic mass is 16.2. The summed E-state index contributed by atoms with van der Waals surface area (Å²) >= 11 is 0. The van der Waals surface area contributed by atoms with Crippen LogP contribution in [-0.4, -0.2) is 24.0 Å². The van der Waals surface area contributed by atoms with Gasteiger partial charge in [0.05, 0.1) is 5.57 Å². The number of amides is 1. The van der Waals surface area contributed by atoms with Crippen LogP contribution in [0.3, 0.4) is 0 Å². The number of aryl methyl sites for hydroxylation is 1. The maximum atomic E-state index is 12.3. The highest BCUT2D eigenvalue weighted by Gasteiger charge is 2.26. The molecule has 1 atom stereocenters. The number of benzene rings is 2. The van der Waals surface area contributed by atoms with Crippen LogP contribution in [-0.2, 0) is 4.79 Å². The zero-order valence-electron chi connectivity index (χ0n) is 16.9. The number of carbonyl (C=O) groups is 1. The van der Waals surface area contributed by atoms with Crippen molar-refractivity contribution in [3.63, 3.8) is 0 Å². The second-order valence-corrected chi connectivity index (χ2v) is 7.89. The predicted molar refractivity (Wildman–Crippen MR) is 122 cm³/mol. The topological polar surface area (TPSA) is 57.3 Å². The van der Waals surface area contributed by atoms with Crippen molar-refractivity contribution < 1.29 is 4.79 Å². The molecule has 0 bridgehead atoms. The maximum absolute atomic E-state index is 12.3. The third kappa shape index (κ3) is 3.43. The van der Waals surface area contributed by atoms with E-state index in [1.165, 1.54) is 11.4 Å². The molecular formula is C25H24N4O. The average Bonchev–Trinajstić information content (AvgIpc) is 3.39. The van der Waals surface area contributed by atoms with E-state index in [4.69, 9.17) is 0 Å². The van der Waals surface area contributed by atoms with Crippen molar-refractivity contribution in [2.45, 2.75) is 19.3 Å². The summed E-state index contributed by atoms with van der Waals surface area (Å²) in [6.45, 7) is 4.05. The lowest BCUT2D eigenvalue weighted by atomic mass is 10.0. The smallest absolute Gasteiger partial charge is 0.257 e.